The zero-order valence-corrected chi connectivity index (χ0v) is 11.5. The summed E-state index contributed by atoms with van der Waals surface area (Å²) in [7, 11) is 3.83. The molecule has 106 valence electrons. The van der Waals surface area contributed by atoms with Crippen LogP contribution in [0.1, 0.15) is 22.2 Å². The monoisotopic (exact) mass is 274 g/mol. The van der Waals surface area contributed by atoms with Gasteiger partial charge in [0.15, 0.2) is 0 Å². The summed E-state index contributed by atoms with van der Waals surface area (Å²) >= 11 is 0. The zero-order valence-electron chi connectivity index (χ0n) is 11.5. The number of nitrogens with one attached hydrogen (secondary N) is 1. The lowest BCUT2D eigenvalue weighted by molar-refractivity contribution is 0.0936. The fourth-order valence-corrected chi connectivity index (χ4v) is 1.97. The van der Waals surface area contributed by atoms with E-state index in [-0.39, 0.29) is 23.3 Å². The van der Waals surface area contributed by atoms with Crippen molar-refractivity contribution >= 4 is 5.91 Å². The molecule has 1 atom stereocenters. The number of hydrogen-bond donors (Lipinski definition) is 2. The molecule has 0 aliphatic heterocycles. The Hall–Kier alpha value is -2.27. The Morgan fingerprint density at radius 1 is 1.30 bits per heavy atom. The summed E-state index contributed by atoms with van der Waals surface area (Å²) in [5.74, 6) is 0.457. The predicted octanol–water partition coefficient (Wildman–Crippen LogP) is 2.02. The van der Waals surface area contributed by atoms with E-state index in [2.05, 4.69) is 5.32 Å². The lowest BCUT2D eigenvalue weighted by atomic mass is 10.1. The Kier molecular flexibility index (Phi) is 4.42. The Balaban J connectivity index is 2.03. The summed E-state index contributed by atoms with van der Waals surface area (Å²) in [4.78, 5) is 14.0. The Bertz CT molecular complexity index is 564. The topological polar surface area (TPSA) is 65.7 Å². The summed E-state index contributed by atoms with van der Waals surface area (Å²) in [6.07, 6.45) is 1.61. The number of phenolic OH excluding ortho intramolecular Hbond substituents is 1. The molecule has 20 heavy (non-hydrogen) atoms. The molecule has 0 fully saturated rings. The number of phenols is 1. The van der Waals surface area contributed by atoms with Crippen molar-refractivity contribution in [2.75, 3.05) is 20.6 Å². The molecule has 1 aromatic heterocycles. The molecule has 0 bridgehead atoms. The van der Waals surface area contributed by atoms with Crippen LogP contribution in [0, 0.1) is 0 Å². The van der Waals surface area contributed by atoms with E-state index in [1.165, 1.54) is 6.07 Å². The van der Waals surface area contributed by atoms with Crippen LogP contribution in [0.2, 0.25) is 0 Å². The van der Waals surface area contributed by atoms with Gasteiger partial charge in [-0.25, -0.2) is 0 Å². The van der Waals surface area contributed by atoms with Crippen molar-refractivity contribution in [3.8, 4) is 5.75 Å². The third-order valence-corrected chi connectivity index (χ3v) is 3.10. The van der Waals surface area contributed by atoms with Crippen LogP contribution in [0.25, 0.3) is 0 Å². The highest BCUT2D eigenvalue weighted by atomic mass is 16.3. The van der Waals surface area contributed by atoms with Gasteiger partial charge in [0.25, 0.3) is 5.91 Å². The molecule has 0 spiro atoms. The van der Waals surface area contributed by atoms with Gasteiger partial charge in [-0.15, -0.1) is 0 Å². The van der Waals surface area contributed by atoms with Gasteiger partial charge in [-0.2, -0.15) is 0 Å². The number of rotatable bonds is 5. The number of para-hydroxylation sites is 1. The molecule has 1 aromatic carbocycles. The third kappa shape index (κ3) is 3.19. The van der Waals surface area contributed by atoms with Crippen LogP contribution < -0.4 is 5.32 Å². The van der Waals surface area contributed by atoms with E-state index >= 15 is 0 Å². The zero-order chi connectivity index (χ0) is 14.5. The molecule has 0 saturated carbocycles. The van der Waals surface area contributed by atoms with E-state index in [9.17, 15) is 9.90 Å². The van der Waals surface area contributed by atoms with Crippen LogP contribution in [0.5, 0.6) is 5.75 Å². The maximum atomic E-state index is 12.0. The van der Waals surface area contributed by atoms with Crippen LogP contribution in [-0.4, -0.2) is 36.6 Å². The van der Waals surface area contributed by atoms with Crippen LogP contribution in [-0.2, 0) is 0 Å². The molecule has 1 heterocycles. The van der Waals surface area contributed by atoms with Crippen LogP contribution in [0.4, 0.5) is 0 Å². The van der Waals surface area contributed by atoms with Gasteiger partial charge in [-0.3, -0.25) is 9.69 Å². The molecule has 2 rings (SSSR count). The van der Waals surface area contributed by atoms with Crippen LogP contribution >= 0.6 is 0 Å². The average molecular weight is 274 g/mol. The minimum absolute atomic E-state index is 0.0237. The molecule has 5 heteroatoms. The van der Waals surface area contributed by atoms with Gasteiger partial charge < -0.3 is 14.8 Å². The SMILES string of the molecule is CN(C)C(CNC(=O)c1ccccc1O)c1ccco1. The number of aromatic hydroxyl groups is 1. The van der Waals surface area contributed by atoms with Crippen molar-refractivity contribution in [2.45, 2.75) is 6.04 Å². The molecule has 0 aliphatic carbocycles. The lowest BCUT2D eigenvalue weighted by Gasteiger charge is -2.22. The second kappa shape index (κ2) is 6.25. The smallest absolute Gasteiger partial charge is 0.255 e. The first-order valence-corrected chi connectivity index (χ1v) is 6.35. The summed E-state index contributed by atoms with van der Waals surface area (Å²) < 4.78 is 5.38. The molecule has 5 nitrogen and oxygen atoms in total. The van der Waals surface area contributed by atoms with E-state index in [1.54, 1.807) is 24.5 Å². The fraction of sp³-hybridized carbons (Fsp3) is 0.267. The maximum Gasteiger partial charge on any atom is 0.255 e. The van der Waals surface area contributed by atoms with E-state index in [1.807, 2.05) is 31.1 Å². The normalized spacial score (nSPS) is 12.3. The van der Waals surface area contributed by atoms with Crippen LogP contribution in [0.15, 0.2) is 47.1 Å². The molecular formula is C15H18N2O3. The summed E-state index contributed by atoms with van der Waals surface area (Å²) in [6.45, 7) is 0.397. The van der Waals surface area contributed by atoms with E-state index < -0.39 is 0 Å². The summed E-state index contributed by atoms with van der Waals surface area (Å²) in [5.41, 5.74) is 0.268. The third-order valence-electron chi connectivity index (χ3n) is 3.10. The van der Waals surface area contributed by atoms with Gasteiger partial charge >= 0.3 is 0 Å². The van der Waals surface area contributed by atoms with Crippen molar-refractivity contribution in [3.63, 3.8) is 0 Å². The van der Waals surface area contributed by atoms with Crippen molar-refractivity contribution in [3.05, 3.63) is 54.0 Å². The van der Waals surface area contributed by atoms with Gasteiger partial charge in [0.05, 0.1) is 17.9 Å². The quantitative estimate of drug-likeness (QED) is 0.875. The standard InChI is InChI=1S/C15H18N2O3/c1-17(2)12(14-8-5-9-20-14)10-16-15(19)11-6-3-4-7-13(11)18/h3-9,12,18H,10H2,1-2H3,(H,16,19). The van der Waals surface area contributed by atoms with Gasteiger partial charge in [-0.05, 0) is 38.4 Å². The number of likely N-dealkylation sites (N-methyl/N-ethyl adjacent to an activating group) is 1. The average Bonchev–Trinajstić information content (AvgIpc) is 2.92. The van der Waals surface area contributed by atoms with E-state index in [0.717, 1.165) is 5.76 Å². The first kappa shape index (κ1) is 14.1. The highest BCUT2D eigenvalue weighted by Gasteiger charge is 2.19. The first-order valence-electron chi connectivity index (χ1n) is 6.35. The molecule has 0 aliphatic rings. The molecule has 0 saturated heterocycles. The molecule has 2 aromatic rings. The summed E-state index contributed by atoms with van der Waals surface area (Å²) in [5, 5.41) is 12.5. The van der Waals surface area contributed by atoms with Gasteiger partial charge in [-0.1, -0.05) is 12.1 Å². The molecule has 0 radical (unpaired) electrons. The van der Waals surface area contributed by atoms with Gasteiger partial charge in [0, 0.05) is 6.54 Å². The number of hydrogen-bond acceptors (Lipinski definition) is 4. The number of amides is 1. The number of benzene rings is 1. The maximum absolute atomic E-state index is 12.0. The number of furan rings is 1. The number of nitrogens with zero attached hydrogens (tertiary/aromatic N) is 1. The van der Waals surface area contributed by atoms with E-state index in [0.29, 0.717) is 6.54 Å². The number of carbonyl (C=O) groups excluding carboxylic acids is 1. The molecule has 2 N–H and O–H groups in total. The highest BCUT2D eigenvalue weighted by Crippen LogP contribution is 2.19. The summed E-state index contributed by atoms with van der Waals surface area (Å²) in [6, 6.07) is 10.1. The Labute approximate surface area is 117 Å². The second-order valence-corrected chi connectivity index (χ2v) is 4.72. The molecular weight excluding hydrogens is 256 g/mol. The minimum Gasteiger partial charge on any atom is -0.507 e. The molecule has 1 amide bonds. The predicted molar refractivity (Wildman–Crippen MR) is 75.6 cm³/mol. The fourth-order valence-electron chi connectivity index (χ4n) is 1.97. The second-order valence-electron chi connectivity index (χ2n) is 4.72. The van der Waals surface area contributed by atoms with Crippen molar-refractivity contribution in [1.82, 2.24) is 10.2 Å². The van der Waals surface area contributed by atoms with Crippen molar-refractivity contribution in [1.29, 1.82) is 0 Å². The lowest BCUT2D eigenvalue weighted by Crippen LogP contribution is -2.34. The van der Waals surface area contributed by atoms with E-state index in [4.69, 9.17) is 4.42 Å². The van der Waals surface area contributed by atoms with Gasteiger partial charge in [0.1, 0.15) is 11.5 Å². The largest absolute Gasteiger partial charge is 0.507 e. The van der Waals surface area contributed by atoms with Gasteiger partial charge in [0.2, 0.25) is 0 Å². The Morgan fingerprint density at radius 2 is 2.05 bits per heavy atom. The van der Waals surface area contributed by atoms with Crippen LogP contribution in [0.3, 0.4) is 0 Å². The first-order chi connectivity index (χ1) is 9.59. The van der Waals surface area contributed by atoms with Crippen molar-refractivity contribution in [2.24, 2.45) is 0 Å². The number of carbonyl (C=O) groups is 1. The highest BCUT2D eigenvalue weighted by molar-refractivity contribution is 5.96. The van der Waals surface area contributed by atoms with Crippen molar-refractivity contribution < 1.29 is 14.3 Å². The minimum atomic E-state index is -0.304. The molecule has 1 unspecified atom stereocenters. The Morgan fingerprint density at radius 3 is 2.65 bits per heavy atom.